The SMILES string of the molecule is Cn1nc(C2CCC(=O)NC2=O)c2ccc(N3CCC(CN4CCNC[C@H]4CO)CC3)cc21. The Hall–Kier alpha value is -2.49. The number of fused-ring (bicyclic) bond motifs is 1. The van der Waals surface area contributed by atoms with E-state index in [9.17, 15) is 14.7 Å². The number of carbonyl (C=O) groups excluding carboxylic acids is 2. The number of rotatable bonds is 5. The van der Waals surface area contributed by atoms with Gasteiger partial charge in [-0.3, -0.25) is 24.5 Å². The summed E-state index contributed by atoms with van der Waals surface area (Å²) in [5, 5.41) is 21.1. The minimum Gasteiger partial charge on any atom is -0.395 e. The van der Waals surface area contributed by atoms with Crippen molar-refractivity contribution >= 4 is 28.4 Å². The van der Waals surface area contributed by atoms with Gasteiger partial charge < -0.3 is 15.3 Å². The van der Waals surface area contributed by atoms with Gasteiger partial charge in [0, 0.05) is 69.9 Å². The van der Waals surface area contributed by atoms with Gasteiger partial charge in [-0.1, -0.05) is 0 Å². The Morgan fingerprint density at radius 1 is 1.15 bits per heavy atom. The van der Waals surface area contributed by atoms with Crippen LogP contribution < -0.4 is 15.5 Å². The number of nitrogens with zero attached hydrogens (tertiary/aromatic N) is 4. The molecule has 0 bridgehead atoms. The molecule has 9 heteroatoms. The number of imide groups is 1. The number of aliphatic hydroxyl groups is 1. The topological polar surface area (TPSA) is 103 Å². The van der Waals surface area contributed by atoms with E-state index in [1.807, 2.05) is 11.7 Å². The zero-order valence-electron chi connectivity index (χ0n) is 19.3. The smallest absolute Gasteiger partial charge is 0.235 e. The first-order chi connectivity index (χ1) is 16.0. The lowest BCUT2D eigenvalue weighted by molar-refractivity contribution is -0.134. The third-order valence-corrected chi connectivity index (χ3v) is 7.59. The summed E-state index contributed by atoms with van der Waals surface area (Å²) in [4.78, 5) is 28.8. The lowest BCUT2D eigenvalue weighted by Gasteiger charge is -2.40. The molecule has 3 N–H and O–H groups in total. The zero-order chi connectivity index (χ0) is 22.9. The average molecular weight is 455 g/mol. The highest BCUT2D eigenvalue weighted by molar-refractivity contribution is 6.02. The number of hydrogen-bond donors (Lipinski definition) is 3. The molecule has 2 atom stereocenters. The van der Waals surface area contributed by atoms with Crippen molar-refractivity contribution in [2.45, 2.75) is 37.6 Å². The molecular formula is C24H34N6O3. The molecule has 4 heterocycles. The van der Waals surface area contributed by atoms with Crippen LogP contribution in [0.25, 0.3) is 10.9 Å². The van der Waals surface area contributed by atoms with Crippen LogP contribution in [0.5, 0.6) is 0 Å². The van der Waals surface area contributed by atoms with Crippen LogP contribution in [0.1, 0.15) is 37.3 Å². The maximum Gasteiger partial charge on any atom is 0.235 e. The van der Waals surface area contributed by atoms with Crippen molar-refractivity contribution in [3.05, 3.63) is 23.9 Å². The third-order valence-electron chi connectivity index (χ3n) is 7.59. The predicted molar refractivity (Wildman–Crippen MR) is 126 cm³/mol. The molecule has 3 aliphatic heterocycles. The van der Waals surface area contributed by atoms with Crippen molar-refractivity contribution in [3.63, 3.8) is 0 Å². The van der Waals surface area contributed by atoms with Gasteiger partial charge in [-0.15, -0.1) is 0 Å². The zero-order valence-corrected chi connectivity index (χ0v) is 19.3. The Bertz CT molecular complexity index is 1030. The third kappa shape index (κ3) is 4.49. The van der Waals surface area contributed by atoms with Crippen LogP contribution >= 0.6 is 0 Å². The van der Waals surface area contributed by atoms with Gasteiger partial charge in [0.05, 0.1) is 23.7 Å². The van der Waals surface area contributed by atoms with E-state index in [0.29, 0.717) is 18.8 Å². The largest absolute Gasteiger partial charge is 0.395 e. The molecule has 3 fully saturated rings. The molecule has 3 aliphatic rings. The summed E-state index contributed by atoms with van der Waals surface area (Å²) in [5.41, 5.74) is 2.97. The summed E-state index contributed by atoms with van der Waals surface area (Å²) < 4.78 is 1.85. The average Bonchev–Trinajstić information content (AvgIpc) is 3.15. The van der Waals surface area contributed by atoms with Crippen molar-refractivity contribution in [2.24, 2.45) is 13.0 Å². The molecule has 1 aromatic carbocycles. The van der Waals surface area contributed by atoms with E-state index in [1.165, 1.54) is 5.69 Å². The normalized spacial score (nSPS) is 25.6. The highest BCUT2D eigenvalue weighted by atomic mass is 16.3. The molecule has 5 rings (SSSR count). The van der Waals surface area contributed by atoms with E-state index in [2.05, 4.69) is 43.7 Å². The van der Waals surface area contributed by atoms with Crippen molar-refractivity contribution in [1.82, 2.24) is 25.3 Å². The molecule has 178 valence electrons. The summed E-state index contributed by atoms with van der Waals surface area (Å²) in [6, 6.07) is 6.63. The molecule has 0 radical (unpaired) electrons. The number of anilines is 1. The molecule has 33 heavy (non-hydrogen) atoms. The maximum absolute atomic E-state index is 12.4. The molecule has 1 unspecified atom stereocenters. The van der Waals surface area contributed by atoms with Crippen LogP contribution in [0.2, 0.25) is 0 Å². The second-order valence-electron chi connectivity index (χ2n) is 9.68. The number of carbonyl (C=O) groups is 2. The number of aromatic nitrogens is 2. The number of aryl methyl sites for hydroxylation is 1. The molecule has 2 aromatic rings. The Morgan fingerprint density at radius 2 is 1.97 bits per heavy atom. The highest BCUT2D eigenvalue weighted by Crippen LogP contribution is 2.33. The van der Waals surface area contributed by atoms with Gasteiger partial charge in [-0.2, -0.15) is 5.10 Å². The van der Waals surface area contributed by atoms with E-state index in [-0.39, 0.29) is 30.4 Å². The second-order valence-corrected chi connectivity index (χ2v) is 9.68. The molecular weight excluding hydrogens is 420 g/mol. The Labute approximate surface area is 194 Å². The van der Waals surface area contributed by atoms with Crippen LogP contribution in [0.4, 0.5) is 5.69 Å². The standard InChI is InChI=1S/C24H34N6O3/c1-28-21-12-17(2-3-19(21)23(27-28)20-4-5-22(32)26-24(20)33)29-9-6-16(7-10-29)14-30-11-8-25-13-18(30)15-31/h2-3,12,16,18,20,25,31H,4-11,13-15H2,1H3,(H,26,32,33)/t18-,20?/m0/s1. The van der Waals surface area contributed by atoms with E-state index in [0.717, 1.165) is 68.7 Å². The number of nitrogens with one attached hydrogen (secondary N) is 2. The first kappa shape index (κ1) is 22.3. The van der Waals surface area contributed by atoms with Gasteiger partial charge in [-0.25, -0.2) is 0 Å². The lowest BCUT2D eigenvalue weighted by Crippen LogP contribution is -2.54. The monoisotopic (exact) mass is 454 g/mol. The van der Waals surface area contributed by atoms with Crippen LogP contribution in [-0.4, -0.2) is 83.5 Å². The summed E-state index contributed by atoms with van der Waals surface area (Å²) in [5.74, 6) is -0.162. The van der Waals surface area contributed by atoms with E-state index < -0.39 is 0 Å². The van der Waals surface area contributed by atoms with Crippen molar-refractivity contribution < 1.29 is 14.7 Å². The van der Waals surface area contributed by atoms with Crippen LogP contribution in [0.15, 0.2) is 18.2 Å². The summed E-state index contributed by atoms with van der Waals surface area (Å²) in [7, 11) is 1.92. The Morgan fingerprint density at radius 3 is 2.73 bits per heavy atom. The van der Waals surface area contributed by atoms with Gasteiger partial charge in [0.15, 0.2) is 0 Å². The molecule has 2 amide bonds. The summed E-state index contributed by atoms with van der Waals surface area (Å²) in [6.07, 6.45) is 3.16. The van der Waals surface area contributed by atoms with Gasteiger partial charge in [0.25, 0.3) is 0 Å². The molecule has 1 aromatic heterocycles. The number of piperazine rings is 1. The first-order valence-electron chi connectivity index (χ1n) is 12.1. The quantitative estimate of drug-likeness (QED) is 0.568. The highest BCUT2D eigenvalue weighted by Gasteiger charge is 2.32. The molecule has 0 spiro atoms. The fraction of sp³-hybridized carbons (Fsp3) is 0.625. The first-order valence-corrected chi connectivity index (χ1v) is 12.1. The lowest BCUT2D eigenvalue weighted by atomic mass is 9.92. The maximum atomic E-state index is 12.4. The molecule has 9 nitrogen and oxygen atoms in total. The number of piperidine rings is 2. The number of amides is 2. The van der Waals surface area contributed by atoms with E-state index >= 15 is 0 Å². The second kappa shape index (κ2) is 9.40. The summed E-state index contributed by atoms with van der Waals surface area (Å²) in [6.45, 7) is 6.21. The minimum atomic E-state index is -0.374. The van der Waals surface area contributed by atoms with Gasteiger partial charge in [0.2, 0.25) is 11.8 Å². The number of hydrogen-bond acceptors (Lipinski definition) is 7. The molecule has 0 aliphatic carbocycles. The van der Waals surface area contributed by atoms with Gasteiger partial charge >= 0.3 is 0 Å². The van der Waals surface area contributed by atoms with Crippen LogP contribution in [-0.2, 0) is 16.6 Å². The fourth-order valence-corrected chi connectivity index (χ4v) is 5.61. The van der Waals surface area contributed by atoms with E-state index in [1.54, 1.807) is 0 Å². The van der Waals surface area contributed by atoms with Crippen LogP contribution in [0, 0.1) is 5.92 Å². The predicted octanol–water partition coefficient (Wildman–Crippen LogP) is 0.576. The fourth-order valence-electron chi connectivity index (χ4n) is 5.61. The summed E-state index contributed by atoms with van der Waals surface area (Å²) >= 11 is 0. The number of benzene rings is 1. The number of aliphatic hydroxyl groups excluding tert-OH is 1. The van der Waals surface area contributed by atoms with Gasteiger partial charge in [-0.05, 0) is 43.4 Å². The Kier molecular flexibility index (Phi) is 6.36. The van der Waals surface area contributed by atoms with Gasteiger partial charge in [0.1, 0.15) is 0 Å². The van der Waals surface area contributed by atoms with Crippen LogP contribution in [0.3, 0.4) is 0 Å². The molecule has 0 saturated carbocycles. The Balaban J connectivity index is 1.26. The van der Waals surface area contributed by atoms with Crippen molar-refractivity contribution in [3.8, 4) is 0 Å². The van der Waals surface area contributed by atoms with Crippen molar-refractivity contribution in [2.75, 3.05) is 50.8 Å². The molecule has 3 saturated heterocycles. The van der Waals surface area contributed by atoms with Crippen molar-refractivity contribution in [1.29, 1.82) is 0 Å². The van der Waals surface area contributed by atoms with E-state index in [4.69, 9.17) is 0 Å². The minimum absolute atomic E-state index is 0.203.